The lowest BCUT2D eigenvalue weighted by atomic mass is 10.2. The number of aromatic amines is 1. The predicted octanol–water partition coefficient (Wildman–Crippen LogP) is 1.25. The number of sulfonamides is 1. The first kappa shape index (κ1) is 21.5. The molecule has 1 aliphatic rings. The van der Waals surface area contributed by atoms with E-state index in [-0.39, 0.29) is 22.1 Å². The van der Waals surface area contributed by atoms with Crippen molar-refractivity contribution in [3.05, 3.63) is 40.8 Å². The lowest BCUT2D eigenvalue weighted by Crippen LogP contribution is -2.33. The van der Waals surface area contributed by atoms with Crippen molar-refractivity contribution in [1.29, 1.82) is 0 Å². The topological polar surface area (TPSA) is 144 Å². The number of nitrogens with one attached hydrogen (secondary N) is 1. The number of carbonyl (C=O) groups is 1. The summed E-state index contributed by atoms with van der Waals surface area (Å²) in [6.45, 7) is 1.54. The molecule has 164 valence electrons. The Kier molecular flexibility index (Phi) is 6.12. The Morgan fingerprint density at radius 3 is 2.45 bits per heavy atom. The van der Waals surface area contributed by atoms with Crippen molar-refractivity contribution in [2.75, 3.05) is 18.8 Å². The zero-order valence-electron chi connectivity index (χ0n) is 16.7. The van der Waals surface area contributed by atoms with Crippen LogP contribution in [0, 0.1) is 0 Å². The van der Waals surface area contributed by atoms with Gasteiger partial charge in [-0.2, -0.15) is 5.10 Å². The van der Waals surface area contributed by atoms with E-state index in [0.717, 1.165) is 38.8 Å². The molecule has 1 amide bonds. The van der Waals surface area contributed by atoms with E-state index in [1.54, 1.807) is 0 Å². The number of benzene rings is 1. The van der Waals surface area contributed by atoms with Crippen LogP contribution in [0.2, 0.25) is 0 Å². The van der Waals surface area contributed by atoms with Crippen LogP contribution in [0.5, 0.6) is 0 Å². The molecule has 0 radical (unpaired) electrons. The minimum absolute atomic E-state index is 0.0261. The van der Waals surface area contributed by atoms with E-state index in [1.807, 2.05) is 4.90 Å². The number of nitrogens with two attached hydrogens (primary N) is 1. The third-order valence-electron chi connectivity index (χ3n) is 5.12. The van der Waals surface area contributed by atoms with Crippen LogP contribution in [0.3, 0.4) is 0 Å². The van der Waals surface area contributed by atoms with Crippen LogP contribution in [-0.2, 0) is 14.8 Å². The molecule has 0 atom stereocenters. The summed E-state index contributed by atoms with van der Waals surface area (Å²) in [5.74, 6) is 0.216. The predicted molar refractivity (Wildman–Crippen MR) is 117 cm³/mol. The fraction of sp³-hybridized carbons (Fsp3) is 0.368. The quantitative estimate of drug-likeness (QED) is 0.429. The van der Waals surface area contributed by atoms with E-state index in [1.165, 1.54) is 46.9 Å². The molecule has 1 saturated heterocycles. The maximum atomic E-state index is 12.5. The molecular formula is C19H22N6O4S2. The van der Waals surface area contributed by atoms with Gasteiger partial charge in [0, 0.05) is 13.1 Å². The maximum Gasteiger partial charge on any atom is 0.262 e. The van der Waals surface area contributed by atoms with Gasteiger partial charge in [-0.15, -0.1) is 0 Å². The van der Waals surface area contributed by atoms with Gasteiger partial charge in [-0.1, -0.05) is 24.6 Å². The van der Waals surface area contributed by atoms with Crippen molar-refractivity contribution in [2.24, 2.45) is 5.14 Å². The highest BCUT2D eigenvalue weighted by atomic mass is 32.2. The highest BCUT2D eigenvalue weighted by Gasteiger charge is 2.18. The lowest BCUT2D eigenvalue weighted by Gasteiger charge is -2.19. The molecule has 1 aliphatic heterocycles. The summed E-state index contributed by atoms with van der Waals surface area (Å²) in [6, 6.07) is 5.79. The van der Waals surface area contributed by atoms with Gasteiger partial charge in [0.05, 0.1) is 22.5 Å². The van der Waals surface area contributed by atoms with Crippen LogP contribution >= 0.6 is 11.8 Å². The highest BCUT2D eigenvalue weighted by Crippen LogP contribution is 2.20. The number of amides is 1. The number of hydrogen-bond acceptors (Lipinski definition) is 7. The van der Waals surface area contributed by atoms with Crippen molar-refractivity contribution >= 4 is 38.7 Å². The van der Waals surface area contributed by atoms with Gasteiger partial charge in [0.2, 0.25) is 15.9 Å². The number of rotatable bonds is 5. The summed E-state index contributed by atoms with van der Waals surface area (Å²) < 4.78 is 24.4. The van der Waals surface area contributed by atoms with E-state index >= 15 is 0 Å². The number of thioether (sulfide) groups is 1. The Bertz CT molecular complexity index is 1260. The largest absolute Gasteiger partial charge is 0.342 e. The fourth-order valence-corrected chi connectivity index (χ4v) is 4.75. The number of nitrogens with zero attached hydrogens (tertiary/aromatic N) is 4. The molecular weight excluding hydrogens is 440 g/mol. The van der Waals surface area contributed by atoms with Crippen molar-refractivity contribution in [1.82, 2.24) is 24.6 Å². The van der Waals surface area contributed by atoms with Crippen molar-refractivity contribution < 1.29 is 13.2 Å². The highest BCUT2D eigenvalue weighted by molar-refractivity contribution is 7.99. The Hall–Kier alpha value is -2.70. The molecule has 3 heterocycles. The molecule has 3 aromatic rings. The van der Waals surface area contributed by atoms with Gasteiger partial charge in [0.25, 0.3) is 5.56 Å². The normalized spacial score (nSPS) is 15.2. The number of primary sulfonamides is 1. The van der Waals surface area contributed by atoms with E-state index in [9.17, 15) is 18.0 Å². The molecule has 3 N–H and O–H groups in total. The molecule has 31 heavy (non-hydrogen) atoms. The zero-order valence-corrected chi connectivity index (χ0v) is 18.3. The number of fused-ring (bicyclic) bond motifs is 1. The van der Waals surface area contributed by atoms with Gasteiger partial charge in [-0.3, -0.25) is 9.59 Å². The first-order valence-corrected chi connectivity index (χ1v) is 12.4. The zero-order chi connectivity index (χ0) is 22.0. The SMILES string of the molecule is NS(=O)(=O)c1ccc(-n2ncc3c(=O)[nH]c(SCC(=O)N4CCCCCC4)nc32)cc1. The summed E-state index contributed by atoms with van der Waals surface area (Å²) in [4.78, 5) is 34.0. The lowest BCUT2D eigenvalue weighted by molar-refractivity contribution is -0.128. The molecule has 10 nitrogen and oxygen atoms in total. The van der Waals surface area contributed by atoms with Crippen molar-refractivity contribution in [3.8, 4) is 5.69 Å². The van der Waals surface area contributed by atoms with E-state index in [0.29, 0.717) is 21.9 Å². The molecule has 0 saturated carbocycles. The second-order valence-electron chi connectivity index (χ2n) is 7.29. The molecule has 1 aromatic carbocycles. The summed E-state index contributed by atoms with van der Waals surface area (Å²) >= 11 is 1.18. The smallest absolute Gasteiger partial charge is 0.262 e. The first-order chi connectivity index (χ1) is 14.8. The molecule has 2 aromatic heterocycles. The molecule has 4 rings (SSSR count). The molecule has 1 fully saturated rings. The van der Waals surface area contributed by atoms with Crippen LogP contribution in [0.1, 0.15) is 25.7 Å². The second kappa shape index (κ2) is 8.81. The maximum absolute atomic E-state index is 12.5. The average Bonchev–Trinajstić information content (AvgIpc) is 2.98. The third-order valence-corrected chi connectivity index (χ3v) is 6.90. The molecule has 12 heteroatoms. The van der Waals surface area contributed by atoms with Gasteiger partial charge in [0.15, 0.2) is 10.8 Å². The molecule has 0 aliphatic carbocycles. The Labute approximate surface area is 182 Å². The van der Waals surface area contributed by atoms with Gasteiger partial charge in [-0.25, -0.2) is 23.2 Å². The first-order valence-electron chi connectivity index (χ1n) is 9.85. The van der Waals surface area contributed by atoms with Crippen LogP contribution in [0.25, 0.3) is 16.7 Å². The Morgan fingerprint density at radius 2 is 1.81 bits per heavy atom. The Morgan fingerprint density at radius 1 is 1.13 bits per heavy atom. The molecule has 0 spiro atoms. The van der Waals surface area contributed by atoms with Crippen LogP contribution < -0.4 is 10.7 Å². The van der Waals surface area contributed by atoms with Crippen molar-refractivity contribution in [2.45, 2.75) is 35.7 Å². The van der Waals surface area contributed by atoms with E-state index in [2.05, 4.69) is 15.1 Å². The minimum Gasteiger partial charge on any atom is -0.342 e. The third kappa shape index (κ3) is 4.81. The molecule has 0 bridgehead atoms. The number of aromatic nitrogens is 4. The summed E-state index contributed by atoms with van der Waals surface area (Å²) in [6.07, 6.45) is 5.71. The summed E-state index contributed by atoms with van der Waals surface area (Å²) in [5, 5.41) is 9.96. The van der Waals surface area contributed by atoms with Crippen LogP contribution in [0.4, 0.5) is 0 Å². The van der Waals surface area contributed by atoms with Crippen LogP contribution in [0.15, 0.2) is 45.3 Å². The average molecular weight is 463 g/mol. The minimum atomic E-state index is -3.81. The van der Waals surface area contributed by atoms with Gasteiger partial charge >= 0.3 is 0 Å². The van der Waals surface area contributed by atoms with Gasteiger partial charge in [0.1, 0.15) is 5.39 Å². The fourth-order valence-electron chi connectivity index (χ4n) is 3.47. The Balaban J connectivity index is 1.58. The monoisotopic (exact) mass is 462 g/mol. The van der Waals surface area contributed by atoms with Crippen molar-refractivity contribution in [3.63, 3.8) is 0 Å². The molecule has 0 unspecified atom stereocenters. The second-order valence-corrected chi connectivity index (χ2v) is 9.81. The standard InChI is InChI=1S/C19H22N6O4S2/c20-31(28,29)14-7-5-13(6-8-14)25-17-15(11-21-25)18(27)23-19(22-17)30-12-16(26)24-9-3-1-2-4-10-24/h5-8,11H,1-4,9-10,12H2,(H2,20,28,29)(H,22,23,27). The number of hydrogen-bond donors (Lipinski definition) is 2. The van der Waals surface area contributed by atoms with Crippen LogP contribution in [-0.4, -0.2) is 57.8 Å². The summed E-state index contributed by atoms with van der Waals surface area (Å²) in [7, 11) is -3.81. The van der Waals surface area contributed by atoms with Gasteiger partial charge in [-0.05, 0) is 37.1 Å². The number of carbonyl (C=O) groups excluding carboxylic acids is 1. The summed E-state index contributed by atoms with van der Waals surface area (Å²) in [5.41, 5.74) is 0.482. The van der Waals surface area contributed by atoms with Gasteiger partial charge < -0.3 is 9.88 Å². The number of likely N-dealkylation sites (tertiary alicyclic amines) is 1. The number of H-pyrrole nitrogens is 1. The van der Waals surface area contributed by atoms with E-state index in [4.69, 9.17) is 5.14 Å². The van der Waals surface area contributed by atoms with E-state index < -0.39 is 10.0 Å².